The van der Waals surface area contributed by atoms with Crippen LogP contribution >= 0.6 is 0 Å². The first-order valence-electron chi connectivity index (χ1n) is 8.03. The van der Waals surface area contributed by atoms with E-state index in [0.717, 1.165) is 4.57 Å². The van der Waals surface area contributed by atoms with E-state index < -0.39 is 23.0 Å². The van der Waals surface area contributed by atoms with Crippen LogP contribution in [-0.2, 0) is 30.2 Å². The maximum absolute atomic E-state index is 12.8. The van der Waals surface area contributed by atoms with Crippen LogP contribution in [0.1, 0.15) is 0 Å². The van der Waals surface area contributed by atoms with Crippen molar-refractivity contribution in [1.82, 2.24) is 18.7 Å². The van der Waals surface area contributed by atoms with Gasteiger partial charge < -0.3 is 14.0 Å². The average molecular weight is 376 g/mol. The maximum Gasteiger partial charge on any atom is 0.344 e. The van der Waals surface area contributed by atoms with Crippen LogP contribution < -0.4 is 16.0 Å². The Hall–Kier alpha value is -3.43. The number of rotatable bonds is 6. The minimum Gasteiger partial charge on any atom is -0.482 e. The monoisotopic (exact) mass is 376 g/mol. The number of hydrogen-bond donors (Lipinski definition) is 0. The zero-order valence-corrected chi connectivity index (χ0v) is 14.7. The van der Waals surface area contributed by atoms with Gasteiger partial charge in [0.25, 0.3) is 5.56 Å². The number of imidazole rings is 1. The maximum atomic E-state index is 12.8. The molecule has 3 rings (SSSR count). The van der Waals surface area contributed by atoms with Gasteiger partial charge in [-0.3, -0.25) is 13.9 Å². The lowest BCUT2D eigenvalue weighted by molar-refractivity contribution is -0.146. The molecule has 9 nitrogen and oxygen atoms in total. The largest absolute Gasteiger partial charge is 0.482 e. The Balaban J connectivity index is 1.60. The molecule has 0 saturated heterocycles. The number of nitrogens with zero attached hydrogens (tertiary/aromatic N) is 4. The fraction of sp³-hybridized carbons (Fsp3) is 0.294. The number of ether oxygens (including phenoxy) is 2. The summed E-state index contributed by atoms with van der Waals surface area (Å²) in [6.07, 6.45) is 1.41. The summed E-state index contributed by atoms with van der Waals surface area (Å²) in [7, 11) is 2.91. The molecule has 3 aromatic rings. The zero-order chi connectivity index (χ0) is 19.6. The van der Waals surface area contributed by atoms with Crippen LogP contribution in [0.15, 0.2) is 40.2 Å². The molecule has 0 aliphatic heterocycles. The summed E-state index contributed by atoms with van der Waals surface area (Å²) >= 11 is 0. The molecule has 0 atom stereocenters. The van der Waals surface area contributed by atoms with Crippen molar-refractivity contribution in [2.75, 3.05) is 13.2 Å². The van der Waals surface area contributed by atoms with E-state index in [-0.39, 0.29) is 30.9 Å². The molecule has 0 saturated carbocycles. The van der Waals surface area contributed by atoms with Crippen molar-refractivity contribution in [2.24, 2.45) is 14.1 Å². The van der Waals surface area contributed by atoms with Crippen LogP contribution in [0.25, 0.3) is 11.2 Å². The van der Waals surface area contributed by atoms with Gasteiger partial charge in [0.15, 0.2) is 17.8 Å². The highest BCUT2D eigenvalue weighted by atomic mass is 19.1. The third kappa shape index (κ3) is 3.73. The predicted octanol–water partition coefficient (Wildman–Crippen LogP) is 0.195. The van der Waals surface area contributed by atoms with Crippen molar-refractivity contribution in [3.63, 3.8) is 0 Å². The molecular weight excluding hydrogens is 359 g/mol. The van der Waals surface area contributed by atoms with Gasteiger partial charge in [0.1, 0.15) is 18.2 Å². The van der Waals surface area contributed by atoms with Gasteiger partial charge in [0.05, 0.1) is 12.9 Å². The van der Waals surface area contributed by atoms with Gasteiger partial charge in [-0.25, -0.2) is 19.0 Å². The average Bonchev–Trinajstić information content (AvgIpc) is 3.08. The van der Waals surface area contributed by atoms with Crippen LogP contribution in [0.3, 0.4) is 0 Å². The number of fused-ring (bicyclic) bond motifs is 1. The van der Waals surface area contributed by atoms with Crippen molar-refractivity contribution in [3.8, 4) is 5.75 Å². The third-order valence-corrected chi connectivity index (χ3v) is 3.98. The highest BCUT2D eigenvalue weighted by molar-refractivity contribution is 5.71. The molecule has 0 spiro atoms. The van der Waals surface area contributed by atoms with Crippen molar-refractivity contribution < 1.29 is 18.7 Å². The number of benzene rings is 1. The van der Waals surface area contributed by atoms with E-state index in [0.29, 0.717) is 5.75 Å². The van der Waals surface area contributed by atoms with E-state index in [4.69, 9.17) is 9.47 Å². The lowest BCUT2D eigenvalue weighted by Crippen LogP contribution is -2.37. The molecule has 1 aromatic carbocycles. The topological polar surface area (TPSA) is 97.3 Å². The Labute approximate surface area is 152 Å². The molecule has 0 aliphatic carbocycles. The van der Waals surface area contributed by atoms with Gasteiger partial charge in [-0.15, -0.1) is 0 Å². The minimum atomic E-state index is -0.607. The molecule has 0 bridgehead atoms. The third-order valence-electron chi connectivity index (χ3n) is 3.98. The highest BCUT2D eigenvalue weighted by Crippen LogP contribution is 2.11. The summed E-state index contributed by atoms with van der Waals surface area (Å²) in [5.74, 6) is -0.663. The fourth-order valence-electron chi connectivity index (χ4n) is 2.54. The van der Waals surface area contributed by atoms with E-state index in [2.05, 4.69) is 4.98 Å². The molecule has 0 N–H and O–H groups in total. The van der Waals surface area contributed by atoms with Gasteiger partial charge in [-0.1, -0.05) is 0 Å². The number of hydrogen-bond acceptors (Lipinski definition) is 6. The van der Waals surface area contributed by atoms with Crippen molar-refractivity contribution >= 4 is 17.1 Å². The number of aryl methyl sites for hydroxylation is 1. The summed E-state index contributed by atoms with van der Waals surface area (Å²) in [4.78, 5) is 40.0. The summed E-state index contributed by atoms with van der Waals surface area (Å²) < 4.78 is 26.8. The summed E-state index contributed by atoms with van der Waals surface area (Å²) in [5, 5.41) is 0. The Morgan fingerprint density at radius 2 is 1.85 bits per heavy atom. The molecule has 27 heavy (non-hydrogen) atoms. The lowest BCUT2D eigenvalue weighted by atomic mass is 10.3. The Kier molecular flexibility index (Phi) is 5.06. The standard InChI is InChI=1S/C17H17FN4O5/c1-20-15-14(16(24)21(2)17(20)25)22(10-19-15)7-8-26-13(23)9-27-12-5-3-11(18)4-6-12/h3-6,10H,7-9H2,1-2H3. The van der Waals surface area contributed by atoms with E-state index in [1.165, 1.54) is 53.8 Å². The molecule has 0 fully saturated rings. The van der Waals surface area contributed by atoms with Crippen LogP contribution in [0, 0.1) is 5.82 Å². The Bertz CT molecular complexity index is 1100. The number of carbonyl (C=O) groups is 1. The molecule has 2 aromatic heterocycles. The van der Waals surface area contributed by atoms with Gasteiger partial charge in [0, 0.05) is 14.1 Å². The molecule has 0 aliphatic rings. The summed E-state index contributed by atoms with van der Waals surface area (Å²) in [6, 6.07) is 5.25. The Morgan fingerprint density at radius 1 is 1.15 bits per heavy atom. The molecule has 0 unspecified atom stereocenters. The number of esters is 1. The minimum absolute atomic E-state index is 0.0108. The quantitative estimate of drug-likeness (QED) is 0.570. The molecule has 2 heterocycles. The van der Waals surface area contributed by atoms with Crippen LogP contribution in [0.5, 0.6) is 5.75 Å². The van der Waals surface area contributed by atoms with Gasteiger partial charge in [-0.2, -0.15) is 0 Å². The van der Waals surface area contributed by atoms with E-state index in [1.807, 2.05) is 0 Å². The van der Waals surface area contributed by atoms with Crippen molar-refractivity contribution in [2.45, 2.75) is 6.54 Å². The smallest absolute Gasteiger partial charge is 0.344 e. The second-order valence-corrected chi connectivity index (χ2v) is 5.78. The SMILES string of the molecule is Cn1c(=O)c2c(ncn2CCOC(=O)COc2ccc(F)cc2)n(C)c1=O. The first-order chi connectivity index (χ1) is 12.9. The fourth-order valence-corrected chi connectivity index (χ4v) is 2.54. The number of aromatic nitrogens is 4. The molecule has 142 valence electrons. The highest BCUT2D eigenvalue weighted by Gasteiger charge is 2.14. The normalized spacial score (nSPS) is 10.9. The summed E-state index contributed by atoms with van der Waals surface area (Å²) in [5.41, 5.74) is -0.439. The second kappa shape index (κ2) is 7.44. The predicted molar refractivity (Wildman–Crippen MR) is 93.1 cm³/mol. The molecule has 0 radical (unpaired) electrons. The molecular formula is C17H17FN4O5. The van der Waals surface area contributed by atoms with E-state index in [9.17, 15) is 18.8 Å². The van der Waals surface area contributed by atoms with Gasteiger partial charge in [0.2, 0.25) is 0 Å². The number of carbonyl (C=O) groups excluding carboxylic acids is 1. The molecule has 0 amide bonds. The zero-order valence-electron chi connectivity index (χ0n) is 14.7. The van der Waals surface area contributed by atoms with E-state index >= 15 is 0 Å². The van der Waals surface area contributed by atoms with Crippen molar-refractivity contribution in [3.05, 3.63) is 57.2 Å². The Morgan fingerprint density at radius 3 is 2.56 bits per heavy atom. The number of halogens is 1. The first kappa shape index (κ1) is 18.4. The first-order valence-corrected chi connectivity index (χ1v) is 8.03. The second-order valence-electron chi connectivity index (χ2n) is 5.78. The van der Waals surface area contributed by atoms with Gasteiger partial charge >= 0.3 is 11.7 Å². The van der Waals surface area contributed by atoms with Crippen LogP contribution in [0.4, 0.5) is 4.39 Å². The van der Waals surface area contributed by atoms with Crippen molar-refractivity contribution in [1.29, 1.82) is 0 Å². The summed E-state index contributed by atoms with van der Waals surface area (Å²) in [6.45, 7) is -0.151. The molecule has 10 heteroatoms. The van der Waals surface area contributed by atoms with Crippen LogP contribution in [-0.4, -0.2) is 37.9 Å². The van der Waals surface area contributed by atoms with E-state index in [1.54, 1.807) is 0 Å². The van der Waals surface area contributed by atoms with Gasteiger partial charge in [-0.05, 0) is 24.3 Å². The lowest BCUT2D eigenvalue weighted by Gasteiger charge is -2.08. The van der Waals surface area contributed by atoms with Crippen LogP contribution in [0.2, 0.25) is 0 Å².